The molecular weight excluding hydrogens is 334 g/mol. The van der Waals surface area contributed by atoms with Gasteiger partial charge in [0.05, 0.1) is 10.7 Å². The number of anilines is 1. The fourth-order valence-electron chi connectivity index (χ4n) is 4.21. The molecule has 6 heteroatoms. The van der Waals surface area contributed by atoms with Crippen LogP contribution in [0.4, 0.5) is 5.69 Å². The molecule has 2 aliphatic heterocycles. The standard InChI is InChI=1S/C19H23N3O2S/c1-14-20-15(12-25-14)10-21-8-6-19(7-9-21)13-22(18(24)11-23)17-5-3-2-4-16(17)19/h2-5,12,23H,6-11,13H2,1H3. The summed E-state index contributed by atoms with van der Waals surface area (Å²) in [6, 6.07) is 8.18. The summed E-state index contributed by atoms with van der Waals surface area (Å²) in [6.07, 6.45) is 2.06. The molecular formula is C19H23N3O2S. The molecule has 132 valence electrons. The molecule has 1 fully saturated rings. The van der Waals surface area contributed by atoms with Gasteiger partial charge >= 0.3 is 0 Å². The van der Waals surface area contributed by atoms with E-state index < -0.39 is 6.61 Å². The zero-order valence-corrected chi connectivity index (χ0v) is 15.3. The predicted molar refractivity (Wildman–Crippen MR) is 98.9 cm³/mol. The molecule has 2 aliphatic rings. The number of aryl methyl sites for hydroxylation is 1. The van der Waals surface area contributed by atoms with Crippen molar-refractivity contribution in [3.8, 4) is 0 Å². The van der Waals surface area contributed by atoms with Gasteiger partial charge in [0, 0.05) is 29.6 Å². The molecule has 1 N–H and O–H groups in total. The van der Waals surface area contributed by atoms with Crippen molar-refractivity contribution < 1.29 is 9.90 Å². The van der Waals surface area contributed by atoms with Gasteiger partial charge in [-0.2, -0.15) is 0 Å². The van der Waals surface area contributed by atoms with E-state index in [1.54, 1.807) is 16.2 Å². The topological polar surface area (TPSA) is 56.7 Å². The summed E-state index contributed by atoms with van der Waals surface area (Å²) in [4.78, 5) is 21.0. The van der Waals surface area contributed by atoms with Crippen LogP contribution < -0.4 is 4.90 Å². The van der Waals surface area contributed by atoms with E-state index in [9.17, 15) is 9.90 Å². The lowest BCUT2D eigenvalue weighted by Gasteiger charge is -2.39. The number of aromatic nitrogens is 1. The lowest BCUT2D eigenvalue weighted by molar-refractivity contribution is -0.121. The number of aliphatic hydroxyl groups is 1. The third kappa shape index (κ3) is 2.99. The molecule has 0 saturated carbocycles. The molecule has 1 spiro atoms. The number of nitrogens with zero attached hydrogens (tertiary/aromatic N) is 3. The Bertz CT molecular complexity index is 780. The van der Waals surface area contributed by atoms with Crippen molar-refractivity contribution in [1.82, 2.24) is 9.88 Å². The number of aliphatic hydroxyl groups excluding tert-OH is 1. The number of fused-ring (bicyclic) bond motifs is 2. The first kappa shape index (κ1) is 16.7. The Kier molecular flexibility index (Phi) is 4.35. The molecule has 25 heavy (non-hydrogen) atoms. The summed E-state index contributed by atoms with van der Waals surface area (Å²) in [5.74, 6) is -0.204. The molecule has 1 saturated heterocycles. The molecule has 4 rings (SSSR count). The smallest absolute Gasteiger partial charge is 0.252 e. The van der Waals surface area contributed by atoms with Gasteiger partial charge in [0.15, 0.2) is 0 Å². The first-order chi connectivity index (χ1) is 12.1. The summed E-state index contributed by atoms with van der Waals surface area (Å²) in [5.41, 5.74) is 3.42. The van der Waals surface area contributed by atoms with E-state index in [1.165, 1.54) is 5.56 Å². The highest BCUT2D eigenvalue weighted by molar-refractivity contribution is 7.09. The van der Waals surface area contributed by atoms with E-state index in [-0.39, 0.29) is 11.3 Å². The fraction of sp³-hybridized carbons (Fsp3) is 0.474. The molecule has 1 aromatic carbocycles. The summed E-state index contributed by atoms with van der Waals surface area (Å²) in [5, 5.41) is 12.6. The molecule has 0 unspecified atom stereocenters. The Morgan fingerprint density at radius 2 is 2.08 bits per heavy atom. The lowest BCUT2D eigenvalue weighted by atomic mass is 9.74. The van der Waals surface area contributed by atoms with Crippen molar-refractivity contribution in [3.05, 3.63) is 45.9 Å². The van der Waals surface area contributed by atoms with Crippen molar-refractivity contribution in [2.75, 3.05) is 31.1 Å². The number of piperidine rings is 1. The maximum absolute atomic E-state index is 12.2. The molecule has 0 atom stereocenters. The number of hydrogen-bond acceptors (Lipinski definition) is 5. The number of likely N-dealkylation sites (tertiary alicyclic amines) is 1. The number of carbonyl (C=O) groups is 1. The molecule has 3 heterocycles. The zero-order chi connectivity index (χ0) is 17.4. The van der Waals surface area contributed by atoms with Gasteiger partial charge in [-0.05, 0) is 44.5 Å². The number of carbonyl (C=O) groups excluding carboxylic acids is 1. The number of benzene rings is 1. The average Bonchev–Trinajstić information content (AvgIpc) is 3.19. The Labute approximate surface area is 151 Å². The second kappa shape index (κ2) is 6.52. The van der Waals surface area contributed by atoms with Gasteiger partial charge in [-0.25, -0.2) is 4.98 Å². The average molecular weight is 357 g/mol. The van der Waals surface area contributed by atoms with Crippen LogP contribution in [0.3, 0.4) is 0 Å². The number of amides is 1. The molecule has 0 bridgehead atoms. The summed E-state index contributed by atoms with van der Waals surface area (Å²) in [6.45, 7) is 5.22. The minimum Gasteiger partial charge on any atom is -0.387 e. The van der Waals surface area contributed by atoms with Crippen molar-refractivity contribution >= 4 is 22.9 Å². The summed E-state index contributed by atoms with van der Waals surface area (Å²) < 4.78 is 0. The van der Waals surface area contributed by atoms with Crippen LogP contribution in [0.15, 0.2) is 29.6 Å². The van der Waals surface area contributed by atoms with Crippen molar-refractivity contribution in [2.45, 2.75) is 31.7 Å². The van der Waals surface area contributed by atoms with E-state index in [4.69, 9.17) is 0 Å². The summed E-state index contributed by atoms with van der Waals surface area (Å²) >= 11 is 1.70. The van der Waals surface area contributed by atoms with Crippen LogP contribution in [0, 0.1) is 6.92 Å². The first-order valence-electron chi connectivity index (χ1n) is 8.75. The fourth-order valence-corrected chi connectivity index (χ4v) is 4.82. The van der Waals surface area contributed by atoms with E-state index >= 15 is 0 Å². The van der Waals surface area contributed by atoms with Gasteiger partial charge < -0.3 is 10.0 Å². The molecule has 2 aromatic rings. The highest BCUT2D eigenvalue weighted by Gasteiger charge is 2.45. The maximum Gasteiger partial charge on any atom is 0.252 e. The quantitative estimate of drug-likeness (QED) is 0.916. The van der Waals surface area contributed by atoms with Crippen LogP contribution in [0.1, 0.15) is 29.1 Å². The second-order valence-electron chi connectivity index (χ2n) is 7.07. The maximum atomic E-state index is 12.2. The second-order valence-corrected chi connectivity index (χ2v) is 8.13. The zero-order valence-electron chi connectivity index (χ0n) is 14.4. The Morgan fingerprint density at radius 1 is 1.32 bits per heavy atom. The third-order valence-corrected chi connectivity index (χ3v) is 6.35. The Balaban J connectivity index is 1.51. The van der Waals surface area contributed by atoms with Gasteiger partial charge in [-0.1, -0.05) is 18.2 Å². The third-order valence-electron chi connectivity index (χ3n) is 5.53. The minimum atomic E-state index is -0.431. The van der Waals surface area contributed by atoms with Gasteiger partial charge in [-0.3, -0.25) is 9.69 Å². The molecule has 5 nitrogen and oxygen atoms in total. The van der Waals surface area contributed by atoms with Crippen LogP contribution in [0.25, 0.3) is 0 Å². The van der Waals surface area contributed by atoms with Gasteiger partial charge in [0.25, 0.3) is 5.91 Å². The molecule has 1 amide bonds. The van der Waals surface area contributed by atoms with Gasteiger partial charge in [0.2, 0.25) is 0 Å². The van der Waals surface area contributed by atoms with Crippen LogP contribution in [0.2, 0.25) is 0 Å². The highest BCUT2D eigenvalue weighted by atomic mass is 32.1. The Hall–Kier alpha value is -1.76. The molecule has 0 radical (unpaired) electrons. The van der Waals surface area contributed by atoms with Crippen LogP contribution in [-0.4, -0.2) is 47.1 Å². The molecule has 0 aliphatic carbocycles. The van der Waals surface area contributed by atoms with Crippen molar-refractivity contribution in [1.29, 1.82) is 0 Å². The highest BCUT2D eigenvalue weighted by Crippen LogP contribution is 2.47. The number of para-hydroxylation sites is 1. The number of thiazole rings is 1. The van der Waals surface area contributed by atoms with Crippen LogP contribution in [-0.2, 0) is 16.8 Å². The van der Waals surface area contributed by atoms with E-state index in [2.05, 4.69) is 27.4 Å². The van der Waals surface area contributed by atoms with Crippen molar-refractivity contribution in [3.63, 3.8) is 0 Å². The normalized spacial score (nSPS) is 19.4. The van der Waals surface area contributed by atoms with Crippen LogP contribution >= 0.6 is 11.3 Å². The van der Waals surface area contributed by atoms with E-state index in [1.807, 2.05) is 19.1 Å². The SMILES string of the molecule is Cc1nc(CN2CCC3(CC2)CN(C(=O)CO)c2ccccc23)cs1. The lowest BCUT2D eigenvalue weighted by Crippen LogP contribution is -2.46. The molecule has 1 aromatic heterocycles. The van der Waals surface area contributed by atoms with E-state index in [0.29, 0.717) is 6.54 Å². The van der Waals surface area contributed by atoms with Crippen LogP contribution in [0.5, 0.6) is 0 Å². The largest absolute Gasteiger partial charge is 0.387 e. The van der Waals surface area contributed by atoms with Crippen molar-refractivity contribution in [2.24, 2.45) is 0 Å². The van der Waals surface area contributed by atoms with E-state index in [0.717, 1.165) is 48.9 Å². The predicted octanol–water partition coefficient (Wildman–Crippen LogP) is 2.32. The van der Waals surface area contributed by atoms with Gasteiger partial charge in [-0.15, -0.1) is 11.3 Å². The Morgan fingerprint density at radius 3 is 2.76 bits per heavy atom. The monoisotopic (exact) mass is 357 g/mol. The number of hydrogen-bond donors (Lipinski definition) is 1. The number of rotatable bonds is 3. The minimum absolute atomic E-state index is 0.0237. The summed E-state index contributed by atoms with van der Waals surface area (Å²) in [7, 11) is 0. The first-order valence-corrected chi connectivity index (χ1v) is 9.63. The van der Waals surface area contributed by atoms with Gasteiger partial charge in [0.1, 0.15) is 6.61 Å².